The molecule has 2 fully saturated rings. The second-order valence-electron chi connectivity index (χ2n) is 8.36. The van der Waals surface area contributed by atoms with Crippen molar-refractivity contribution in [1.29, 1.82) is 0 Å². The predicted octanol–water partition coefficient (Wildman–Crippen LogP) is 2.11. The lowest BCUT2D eigenvalue weighted by Crippen LogP contribution is -2.50. The number of hydrogen-bond donors (Lipinski definition) is 1. The number of thiophene rings is 1. The molecule has 0 atom stereocenters. The van der Waals surface area contributed by atoms with Crippen LogP contribution in [0.1, 0.15) is 39.3 Å². The van der Waals surface area contributed by atoms with Crippen molar-refractivity contribution in [3.63, 3.8) is 0 Å². The van der Waals surface area contributed by atoms with Gasteiger partial charge in [-0.2, -0.15) is 4.31 Å². The number of sulfonamides is 1. The molecule has 10 heteroatoms. The average molecular weight is 491 g/mol. The van der Waals surface area contributed by atoms with E-state index in [2.05, 4.69) is 10.2 Å². The summed E-state index contributed by atoms with van der Waals surface area (Å²) >= 11 is 1.46. The molecule has 0 bridgehead atoms. The maximum absolute atomic E-state index is 12.7. The minimum Gasteiger partial charge on any atom is -0.351 e. The Kier molecular flexibility index (Phi) is 7.79. The molecule has 2 aliphatic heterocycles. The van der Waals surface area contributed by atoms with E-state index in [-0.39, 0.29) is 16.7 Å². The zero-order valence-electron chi connectivity index (χ0n) is 18.6. The van der Waals surface area contributed by atoms with E-state index < -0.39 is 10.0 Å². The summed E-state index contributed by atoms with van der Waals surface area (Å²) in [7, 11) is -3.49. The Labute approximate surface area is 199 Å². The van der Waals surface area contributed by atoms with Gasteiger partial charge in [0.25, 0.3) is 11.8 Å². The third-order valence-corrected chi connectivity index (χ3v) is 8.95. The summed E-state index contributed by atoms with van der Waals surface area (Å²) in [4.78, 5) is 30.0. The highest BCUT2D eigenvalue weighted by Crippen LogP contribution is 2.21. The third-order valence-electron chi connectivity index (χ3n) is 6.17. The Balaban J connectivity index is 1.21. The molecule has 0 spiro atoms. The van der Waals surface area contributed by atoms with Crippen molar-refractivity contribution >= 4 is 33.2 Å². The quantitative estimate of drug-likeness (QED) is 0.642. The van der Waals surface area contributed by atoms with Crippen LogP contribution < -0.4 is 5.32 Å². The summed E-state index contributed by atoms with van der Waals surface area (Å²) in [5.41, 5.74) is 0.443. The molecule has 1 N–H and O–H groups in total. The molecule has 0 saturated carbocycles. The van der Waals surface area contributed by atoms with Crippen LogP contribution >= 0.6 is 11.3 Å². The molecule has 2 aliphatic rings. The van der Waals surface area contributed by atoms with Gasteiger partial charge in [-0.25, -0.2) is 8.42 Å². The molecule has 8 nitrogen and oxygen atoms in total. The first-order valence-electron chi connectivity index (χ1n) is 11.4. The Morgan fingerprint density at radius 1 is 0.909 bits per heavy atom. The van der Waals surface area contributed by atoms with Crippen LogP contribution in [-0.4, -0.2) is 86.7 Å². The van der Waals surface area contributed by atoms with Crippen molar-refractivity contribution in [2.45, 2.75) is 24.2 Å². The van der Waals surface area contributed by atoms with E-state index in [1.165, 1.54) is 27.8 Å². The highest BCUT2D eigenvalue weighted by atomic mass is 32.2. The van der Waals surface area contributed by atoms with Crippen LogP contribution in [0.3, 0.4) is 0 Å². The molecule has 178 valence electrons. The van der Waals surface area contributed by atoms with Crippen LogP contribution in [0.15, 0.2) is 46.7 Å². The van der Waals surface area contributed by atoms with Crippen molar-refractivity contribution in [3.8, 4) is 0 Å². The number of carbonyl (C=O) groups excluding carboxylic acids is 2. The molecule has 0 unspecified atom stereocenters. The molecule has 1 aromatic carbocycles. The van der Waals surface area contributed by atoms with Gasteiger partial charge in [-0.05, 0) is 48.6 Å². The largest absolute Gasteiger partial charge is 0.351 e. The maximum atomic E-state index is 12.7. The van der Waals surface area contributed by atoms with Gasteiger partial charge in [0.1, 0.15) is 0 Å². The standard InChI is InChI=1S/C23H30N4O4S2/c28-22(19-6-8-20(9-7-19)33(30,31)27-11-2-1-3-12-27)24-10-13-25-14-16-26(17-15-25)23(29)21-5-4-18-32-21/h4-9,18H,1-3,10-17H2,(H,24,28). The zero-order valence-corrected chi connectivity index (χ0v) is 20.2. The van der Waals surface area contributed by atoms with E-state index in [9.17, 15) is 18.0 Å². The number of nitrogens with one attached hydrogen (secondary N) is 1. The summed E-state index contributed by atoms with van der Waals surface area (Å²) in [6, 6.07) is 9.91. The number of rotatable bonds is 7. The first kappa shape index (κ1) is 23.9. The Bertz CT molecular complexity index is 1040. The molecule has 4 rings (SSSR count). The Hall–Kier alpha value is -2.27. The molecular weight excluding hydrogens is 460 g/mol. The van der Waals surface area contributed by atoms with Crippen molar-refractivity contribution in [2.24, 2.45) is 0 Å². The minimum atomic E-state index is -3.49. The van der Waals surface area contributed by atoms with E-state index in [0.717, 1.165) is 37.2 Å². The molecule has 0 aliphatic carbocycles. The molecular formula is C23H30N4O4S2. The van der Waals surface area contributed by atoms with Crippen LogP contribution in [0.4, 0.5) is 0 Å². The number of piperidine rings is 1. The summed E-state index contributed by atoms with van der Waals surface area (Å²) in [6.45, 7) is 5.21. The van der Waals surface area contributed by atoms with Crippen molar-refractivity contribution in [3.05, 3.63) is 52.2 Å². The zero-order chi connectivity index (χ0) is 23.3. The fourth-order valence-corrected chi connectivity index (χ4v) is 6.40. The number of hydrogen-bond acceptors (Lipinski definition) is 6. The predicted molar refractivity (Wildman–Crippen MR) is 128 cm³/mol. The van der Waals surface area contributed by atoms with Crippen molar-refractivity contribution in [1.82, 2.24) is 19.4 Å². The van der Waals surface area contributed by atoms with Crippen LogP contribution in [0.5, 0.6) is 0 Å². The summed E-state index contributed by atoms with van der Waals surface area (Å²) in [5, 5.41) is 4.81. The second-order valence-corrected chi connectivity index (χ2v) is 11.2. The minimum absolute atomic E-state index is 0.0868. The highest BCUT2D eigenvalue weighted by Gasteiger charge is 2.26. The van der Waals surface area contributed by atoms with Gasteiger partial charge in [0.2, 0.25) is 10.0 Å². The van der Waals surface area contributed by atoms with Gasteiger partial charge in [-0.1, -0.05) is 12.5 Å². The van der Waals surface area contributed by atoms with Gasteiger partial charge >= 0.3 is 0 Å². The smallest absolute Gasteiger partial charge is 0.264 e. The number of amides is 2. The first-order valence-corrected chi connectivity index (χ1v) is 13.7. The van der Waals surface area contributed by atoms with Gasteiger partial charge in [0.05, 0.1) is 9.77 Å². The van der Waals surface area contributed by atoms with E-state index in [1.54, 1.807) is 12.1 Å². The summed E-state index contributed by atoms with van der Waals surface area (Å²) < 4.78 is 27.0. The molecule has 3 heterocycles. The summed E-state index contributed by atoms with van der Waals surface area (Å²) in [5.74, 6) is -0.132. The lowest BCUT2D eigenvalue weighted by Gasteiger charge is -2.34. The third kappa shape index (κ3) is 5.81. The summed E-state index contributed by atoms with van der Waals surface area (Å²) in [6.07, 6.45) is 2.84. The van der Waals surface area contributed by atoms with Crippen LogP contribution in [0.25, 0.3) is 0 Å². The molecule has 2 saturated heterocycles. The van der Waals surface area contributed by atoms with Gasteiger partial charge in [0, 0.05) is 57.9 Å². The van der Waals surface area contributed by atoms with Crippen molar-refractivity contribution in [2.75, 3.05) is 52.4 Å². The number of carbonyl (C=O) groups is 2. The van der Waals surface area contributed by atoms with Crippen molar-refractivity contribution < 1.29 is 18.0 Å². The normalized spacial score (nSPS) is 18.2. The van der Waals surface area contributed by atoms with Crippen LogP contribution in [0, 0.1) is 0 Å². The van der Waals surface area contributed by atoms with Gasteiger partial charge < -0.3 is 10.2 Å². The van der Waals surface area contributed by atoms with Crippen LogP contribution in [0.2, 0.25) is 0 Å². The van der Waals surface area contributed by atoms with Gasteiger partial charge in [0.15, 0.2) is 0 Å². The number of benzene rings is 1. The maximum Gasteiger partial charge on any atom is 0.264 e. The lowest BCUT2D eigenvalue weighted by molar-refractivity contribution is 0.0642. The molecule has 33 heavy (non-hydrogen) atoms. The Morgan fingerprint density at radius 2 is 1.61 bits per heavy atom. The van der Waals surface area contributed by atoms with E-state index >= 15 is 0 Å². The fraction of sp³-hybridized carbons (Fsp3) is 0.478. The van der Waals surface area contributed by atoms with E-state index in [1.807, 2.05) is 22.4 Å². The van der Waals surface area contributed by atoms with Gasteiger partial charge in [-0.3, -0.25) is 14.5 Å². The molecule has 0 radical (unpaired) electrons. The monoisotopic (exact) mass is 490 g/mol. The number of piperazine rings is 1. The second kappa shape index (κ2) is 10.8. The molecule has 1 aromatic heterocycles. The first-order chi connectivity index (χ1) is 15.9. The van der Waals surface area contributed by atoms with Gasteiger partial charge in [-0.15, -0.1) is 11.3 Å². The number of nitrogens with zero attached hydrogens (tertiary/aromatic N) is 3. The fourth-order valence-electron chi connectivity index (χ4n) is 4.19. The highest BCUT2D eigenvalue weighted by molar-refractivity contribution is 7.89. The van der Waals surface area contributed by atoms with Crippen LogP contribution in [-0.2, 0) is 10.0 Å². The Morgan fingerprint density at radius 3 is 2.24 bits per heavy atom. The van der Waals surface area contributed by atoms with E-state index in [0.29, 0.717) is 44.8 Å². The molecule has 2 amide bonds. The van der Waals surface area contributed by atoms with E-state index in [4.69, 9.17) is 0 Å². The topological polar surface area (TPSA) is 90.0 Å². The SMILES string of the molecule is O=C(NCCN1CCN(C(=O)c2cccs2)CC1)c1ccc(S(=O)(=O)N2CCCCC2)cc1. The average Bonchev–Trinajstić information content (AvgIpc) is 3.40. The lowest BCUT2D eigenvalue weighted by atomic mass is 10.2. The molecule has 2 aromatic rings.